The molecular weight excluding hydrogens is 304 g/mol. The molecule has 0 aliphatic carbocycles. The first kappa shape index (κ1) is 14.6. The number of methoxy groups -OCH3 is 1. The molecule has 7 nitrogen and oxygen atoms in total. The standard InChI is InChI=1S/C17H18N6O/c1-24-16-6-7-18-17(21-16)23-10-8-22(9-11-23)15-12-19-13-4-2-3-5-14(13)20-15/h2-7,12H,8-11H2,1H3. The molecule has 0 unspecified atom stereocenters. The van der Waals surface area contributed by atoms with E-state index < -0.39 is 0 Å². The maximum absolute atomic E-state index is 5.17. The first-order valence-corrected chi connectivity index (χ1v) is 7.92. The number of hydrogen-bond donors (Lipinski definition) is 0. The van der Waals surface area contributed by atoms with E-state index in [1.807, 2.05) is 30.5 Å². The van der Waals surface area contributed by atoms with Gasteiger partial charge in [0.15, 0.2) is 0 Å². The zero-order valence-corrected chi connectivity index (χ0v) is 13.5. The molecule has 24 heavy (non-hydrogen) atoms. The van der Waals surface area contributed by atoms with Crippen molar-refractivity contribution in [3.8, 4) is 5.88 Å². The minimum atomic E-state index is 0.586. The number of hydrogen-bond acceptors (Lipinski definition) is 7. The lowest BCUT2D eigenvalue weighted by Crippen LogP contribution is -2.47. The van der Waals surface area contributed by atoms with Crippen molar-refractivity contribution >= 4 is 22.8 Å². The number of para-hydroxylation sites is 2. The summed E-state index contributed by atoms with van der Waals surface area (Å²) in [6, 6.07) is 9.68. The molecule has 0 N–H and O–H groups in total. The van der Waals surface area contributed by atoms with Crippen molar-refractivity contribution in [2.75, 3.05) is 43.1 Å². The zero-order chi connectivity index (χ0) is 16.4. The van der Waals surface area contributed by atoms with Gasteiger partial charge >= 0.3 is 0 Å². The Bertz CT molecular complexity index is 847. The van der Waals surface area contributed by atoms with Crippen LogP contribution in [-0.4, -0.2) is 53.2 Å². The molecule has 0 saturated carbocycles. The molecule has 0 atom stereocenters. The van der Waals surface area contributed by atoms with Crippen molar-refractivity contribution in [3.05, 3.63) is 42.7 Å². The van der Waals surface area contributed by atoms with E-state index in [1.54, 1.807) is 19.4 Å². The molecule has 4 rings (SSSR count). The van der Waals surface area contributed by atoms with Crippen LogP contribution >= 0.6 is 0 Å². The highest BCUT2D eigenvalue weighted by molar-refractivity contribution is 5.75. The van der Waals surface area contributed by atoms with Crippen molar-refractivity contribution in [1.29, 1.82) is 0 Å². The van der Waals surface area contributed by atoms with E-state index in [-0.39, 0.29) is 0 Å². The lowest BCUT2D eigenvalue weighted by Gasteiger charge is -2.35. The van der Waals surface area contributed by atoms with Crippen LogP contribution in [0.25, 0.3) is 11.0 Å². The van der Waals surface area contributed by atoms with E-state index in [4.69, 9.17) is 9.72 Å². The van der Waals surface area contributed by atoms with Crippen LogP contribution in [0.15, 0.2) is 42.7 Å². The molecule has 1 aromatic carbocycles. The normalized spacial score (nSPS) is 14.9. The Balaban J connectivity index is 1.48. The maximum Gasteiger partial charge on any atom is 0.228 e. The first-order valence-electron chi connectivity index (χ1n) is 7.92. The number of rotatable bonds is 3. The van der Waals surface area contributed by atoms with E-state index >= 15 is 0 Å². The van der Waals surface area contributed by atoms with Crippen LogP contribution in [0.5, 0.6) is 5.88 Å². The van der Waals surface area contributed by atoms with Crippen molar-refractivity contribution in [2.24, 2.45) is 0 Å². The Hall–Kier alpha value is -2.96. The second-order valence-corrected chi connectivity index (χ2v) is 5.59. The minimum Gasteiger partial charge on any atom is -0.481 e. The van der Waals surface area contributed by atoms with Gasteiger partial charge in [0.25, 0.3) is 0 Å². The molecule has 0 radical (unpaired) electrons. The Labute approximate surface area is 140 Å². The number of benzene rings is 1. The highest BCUT2D eigenvalue weighted by Gasteiger charge is 2.20. The fourth-order valence-electron chi connectivity index (χ4n) is 2.83. The number of nitrogens with zero attached hydrogens (tertiary/aromatic N) is 6. The Morgan fingerprint density at radius 1 is 0.875 bits per heavy atom. The van der Waals surface area contributed by atoms with Gasteiger partial charge in [-0.3, -0.25) is 4.98 Å². The van der Waals surface area contributed by atoms with Crippen LogP contribution in [-0.2, 0) is 0 Å². The number of ether oxygens (including phenoxy) is 1. The summed E-state index contributed by atoms with van der Waals surface area (Å²) in [7, 11) is 1.61. The third-order valence-corrected chi connectivity index (χ3v) is 4.15. The molecule has 1 aliphatic heterocycles. The maximum atomic E-state index is 5.17. The fraction of sp³-hybridized carbons (Fsp3) is 0.294. The average molecular weight is 322 g/mol. The molecule has 0 spiro atoms. The van der Waals surface area contributed by atoms with Gasteiger partial charge in [-0.15, -0.1) is 0 Å². The van der Waals surface area contributed by atoms with Crippen LogP contribution in [0.4, 0.5) is 11.8 Å². The van der Waals surface area contributed by atoms with Crippen LogP contribution in [0.2, 0.25) is 0 Å². The van der Waals surface area contributed by atoms with Gasteiger partial charge in [-0.2, -0.15) is 4.98 Å². The third-order valence-electron chi connectivity index (χ3n) is 4.15. The second-order valence-electron chi connectivity index (χ2n) is 5.59. The van der Waals surface area contributed by atoms with E-state index in [0.29, 0.717) is 11.8 Å². The molecule has 122 valence electrons. The molecule has 0 bridgehead atoms. The quantitative estimate of drug-likeness (QED) is 0.728. The third kappa shape index (κ3) is 2.80. The van der Waals surface area contributed by atoms with Crippen LogP contribution in [0.3, 0.4) is 0 Å². The summed E-state index contributed by atoms with van der Waals surface area (Å²) in [5.41, 5.74) is 1.85. The van der Waals surface area contributed by atoms with Crippen molar-refractivity contribution in [3.63, 3.8) is 0 Å². The molecular formula is C17H18N6O. The summed E-state index contributed by atoms with van der Waals surface area (Å²) in [5, 5.41) is 0. The van der Waals surface area contributed by atoms with E-state index in [1.165, 1.54) is 0 Å². The number of aromatic nitrogens is 4. The SMILES string of the molecule is COc1ccnc(N2CCN(c3cnc4ccccc4n3)CC2)n1. The van der Waals surface area contributed by atoms with Crippen LogP contribution < -0.4 is 14.5 Å². The van der Waals surface area contributed by atoms with Gasteiger partial charge in [0.1, 0.15) is 5.82 Å². The summed E-state index contributed by atoms with van der Waals surface area (Å²) in [6.45, 7) is 3.38. The van der Waals surface area contributed by atoms with Gasteiger partial charge in [0.05, 0.1) is 24.3 Å². The Morgan fingerprint density at radius 3 is 2.42 bits per heavy atom. The fourth-order valence-corrected chi connectivity index (χ4v) is 2.83. The minimum absolute atomic E-state index is 0.586. The molecule has 7 heteroatoms. The highest BCUT2D eigenvalue weighted by atomic mass is 16.5. The molecule has 0 amide bonds. The van der Waals surface area contributed by atoms with E-state index in [0.717, 1.165) is 43.0 Å². The predicted molar refractivity (Wildman–Crippen MR) is 92.5 cm³/mol. The first-order chi connectivity index (χ1) is 11.8. The molecule has 1 aliphatic rings. The monoisotopic (exact) mass is 322 g/mol. The Morgan fingerprint density at radius 2 is 1.62 bits per heavy atom. The van der Waals surface area contributed by atoms with Gasteiger partial charge < -0.3 is 14.5 Å². The van der Waals surface area contributed by atoms with Crippen LogP contribution in [0.1, 0.15) is 0 Å². The zero-order valence-electron chi connectivity index (χ0n) is 13.5. The topological polar surface area (TPSA) is 67.3 Å². The van der Waals surface area contributed by atoms with Crippen molar-refractivity contribution < 1.29 is 4.74 Å². The largest absolute Gasteiger partial charge is 0.481 e. The predicted octanol–water partition coefficient (Wildman–Crippen LogP) is 1.75. The van der Waals surface area contributed by atoms with Crippen LogP contribution in [0, 0.1) is 0 Å². The summed E-state index contributed by atoms with van der Waals surface area (Å²) < 4.78 is 5.17. The number of fused-ring (bicyclic) bond motifs is 1. The second kappa shape index (κ2) is 6.27. The summed E-state index contributed by atoms with van der Waals surface area (Å²) >= 11 is 0. The van der Waals surface area contributed by atoms with Gasteiger partial charge in [0, 0.05) is 38.4 Å². The van der Waals surface area contributed by atoms with Gasteiger partial charge in [-0.05, 0) is 12.1 Å². The average Bonchev–Trinajstić information content (AvgIpc) is 2.68. The molecule has 1 saturated heterocycles. The highest BCUT2D eigenvalue weighted by Crippen LogP contribution is 2.19. The van der Waals surface area contributed by atoms with Crippen molar-refractivity contribution in [2.45, 2.75) is 0 Å². The smallest absolute Gasteiger partial charge is 0.228 e. The number of piperazine rings is 1. The van der Waals surface area contributed by atoms with Crippen molar-refractivity contribution in [1.82, 2.24) is 19.9 Å². The summed E-state index contributed by atoms with van der Waals surface area (Å²) in [5.74, 6) is 2.21. The molecule has 1 fully saturated rings. The lowest BCUT2D eigenvalue weighted by molar-refractivity contribution is 0.396. The van der Waals surface area contributed by atoms with Gasteiger partial charge in [-0.1, -0.05) is 12.1 Å². The molecule has 2 aromatic heterocycles. The van der Waals surface area contributed by atoms with E-state index in [9.17, 15) is 0 Å². The Kier molecular flexibility index (Phi) is 3.82. The van der Waals surface area contributed by atoms with Gasteiger partial charge in [0.2, 0.25) is 11.8 Å². The molecule has 3 heterocycles. The summed E-state index contributed by atoms with van der Waals surface area (Å²) in [4.78, 5) is 22.4. The summed E-state index contributed by atoms with van der Waals surface area (Å²) in [6.07, 6.45) is 3.57. The number of anilines is 2. The van der Waals surface area contributed by atoms with E-state index in [2.05, 4.69) is 24.8 Å². The van der Waals surface area contributed by atoms with Gasteiger partial charge in [-0.25, -0.2) is 9.97 Å². The lowest BCUT2D eigenvalue weighted by atomic mass is 10.3. The molecule has 3 aromatic rings.